The van der Waals surface area contributed by atoms with E-state index in [2.05, 4.69) is 38.1 Å². The van der Waals surface area contributed by atoms with Crippen molar-refractivity contribution in [3.8, 4) is 0 Å². The summed E-state index contributed by atoms with van der Waals surface area (Å²) in [5, 5.41) is 9.36. The largest absolute Gasteiger partial charge is 0.396 e. The molecular formula is C13H20OS. The van der Waals surface area contributed by atoms with Gasteiger partial charge in [0.2, 0.25) is 0 Å². The Bertz CT molecular complexity index is 286. The molecule has 1 atom stereocenters. The quantitative estimate of drug-likeness (QED) is 0.749. The van der Waals surface area contributed by atoms with Crippen LogP contribution in [-0.2, 0) is 0 Å². The third-order valence-electron chi connectivity index (χ3n) is 2.55. The lowest BCUT2D eigenvalue weighted by Crippen LogP contribution is -2.05. The number of aliphatic hydroxyl groups excluding tert-OH is 1. The summed E-state index contributed by atoms with van der Waals surface area (Å²) in [7, 11) is 0. The van der Waals surface area contributed by atoms with Gasteiger partial charge in [0.1, 0.15) is 0 Å². The van der Waals surface area contributed by atoms with E-state index >= 15 is 0 Å². The topological polar surface area (TPSA) is 20.2 Å². The Morgan fingerprint density at radius 1 is 1.40 bits per heavy atom. The van der Waals surface area contributed by atoms with Crippen LogP contribution < -0.4 is 0 Å². The number of hydrogen-bond donors (Lipinski definition) is 1. The molecule has 0 fully saturated rings. The summed E-state index contributed by atoms with van der Waals surface area (Å²) in [6.07, 6.45) is 1.07. The molecular weight excluding hydrogens is 204 g/mol. The van der Waals surface area contributed by atoms with E-state index in [0.717, 1.165) is 17.9 Å². The zero-order chi connectivity index (χ0) is 11.1. The molecule has 2 heteroatoms. The average molecular weight is 224 g/mol. The van der Waals surface area contributed by atoms with E-state index in [1.165, 1.54) is 11.1 Å². The Morgan fingerprint density at radius 2 is 2.20 bits per heavy atom. The molecule has 1 aromatic carbocycles. The second kappa shape index (κ2) is 6.91. The maximum atomic E-state index is 9.36. The summed E-state index contributed by atoms with van der Waals surface area (Å²) in [5.41, 5.74) is 2.54. The molecule has 0 aliphatic carbocycles. The Morgan fingerprint density at radius 3 is 2.80 bits per heavy atom. The minimum Gasteiger partial charge on any atom is -0.396 e. The molecule has 0 radical (unpaired) electrons. The number of hydrogen-bond acceptors (Lipinski definition) is 2. The maximum Gasteiger partial charge on any atom is 0.0500 e. The predicted octanol–water partition coefficient (Wildman–Crippen LogP) is 3.21. The summed E-state index contributed by atoms with van der Waals surface area (Å²) >= 11 is 1.94. The van der Waals surface area contributed by atoms with Crippen molar-refractivity contribution in [2.24, 2.45) is 0 Å². The molecule has 0 aliphatic heterocycles. The lowest BCUT2D eigenvalue weighted by atomic mass is 9.96. The van der Waals surface area contributed by atoms with E-state index in [1.807, 2.05) is 11.8 Å². The lowest BCUT2D eigenvalue weighted by Gasteiger charge is -2.14. The van der Waals surface area contributed by atoms with Crippen LogP contribution in [0.1, 0.15) is 30.4 Å². The SMILES string of the molecule is CCSCCC(CO)c1cccc(C)c1. The van der Waals surface area contributed by atoms with Crippen molar-refractivity contribution in [2.75, 3.05) is 18.1 Å². The Hall–Kier alpha value is -0.470. The second-order valence-electron chi connectivity index (χ2n) is 3.78. The third-order valence-corrected chi connectivity index (χ3v) is 3.48. The zero-order valence-electron chi connectivity index (χ0n) is 9.57. The number of aryl methyl sites for hydroxylation is 1. The molecule has 0 amide bonds. The first-order valence-corrected chi connectivity index (χ1v) is 6.68. The molecule has 0 heterocycles. The molecule has 1 N–H and O–H groups in total. The molecule has 0 spiro atoms. The molecule has 15 heavy (non-hydrogen) atoms. The zero-order valence-corrected chi connectivity index (χ0v) is 10.4. The van der Waals surface area contributed by atoms with Gasteiger partial charge in [0.05, 0.1) is 0 Å². The molecule has 1 nitrogen and oxygen atoms in total. The van der Waals surface area contributed by atoms with Crippen molar-refractivity contribution in [3.05, 3.63) is 35.4 Å². The van der Waals surface area contributed by atoms with Crippen LogP contribution in [0.4, 0.5) is 0 Å². The van der Waals surface area contributed by atoms with Gasteiger partial charge in [0.25, 0.3) is 0 Å². The maximum absolute atomic E-state index is 9.36. The van der Waals surface area contributed by atoms with Crippen LogP contribution in [0.2, 0.25) is 0 Å². The lowest BCUT2D eigenvalue weighted by molar-refractivity contribution is 0.263. The van der Waals surface area contributed by atoms with Crippen LogP contribution in [-0.4, -0.2) is 23.2 Å². The second-order valence-corrected chi connectivity index (χ2v) is 5.17. The average Bonchev–Trinajstić information content (AvgIpc) is 2.24. The molecule has 84 valence electrons. The van der Waals surface area contributed by atoms with Crippen LogP contribution in [0.15, 0.2) is 24.3 Å². The van der Waals surface area contributed by atoms with Crippen molar-refractivity contribution in [1.82, 2.24) is 0 Å². The molecule has 1 aromatic rings. The van der Waals surface area contributed by atoms with Crippen molar-refractivity contribution in [1.29, 1.82) is 0 Å². The predicted molar refractivity (Wildman–Crippen MR) is 68.6 cm³/mol. The van der Waals surface area contributed by atoms with Crippen molar-refractivity contribution in [3.63, 3.8) is 0 Å². The summed E-state index contributed by atoms with van der Waals surface area (Å²) in [6, 6.07) is 8.46. The summed E-state index contributed by atoms with van der Waals surface area (Å²) in [5.74, 6) is 2.60. The van der Waals surface area contributed by atoms with Crippen LogP contribution in [0.25, 0.3) is 0 Å². The van der Waals surface area contributed by atoms with E-state index in [1.54, 1.807) is 0 Å². The first-order valence-electron chi connectivity index (χ1n) is 5.53. The van der Waals surface area contributed by atoms with Gasteiger partial charge in [-0.15, -0.1) is 0 Å². The Labute approximate surface area is 96.9 Å². The Balaban J connectivity index is 2.57. The minimum absolute atomic E-state index is 0.258. The van der Waals surface area contributed by atoms with Crippen LogP contribution in [0, 0.1) is 6.92 Å². The number of thioether (sulfide) groups is 1. The minimum atomic E-state index is 0.258. The van der Waals surface area contributed by atoms with Gasteiger partial charge in [-0.05, 0) is 30.4 Å². The molecule has 1 unspecified atom stereocenters. The highest BCUT2D eigenvalue weighted by atomic mass is 32.2. The van der Waals surface area contributed by atoms with Crippen LogP contribution in [0.3, 0.4) is 0 Å². The molecule has 1 rings (SSSR count). The summed E-state index contributed by atoms with van der Waals surface area (Å²) in [6.45, 7) is 4.53. The highest BCUT2D eigenvalue weighted by molar-refractivity contribution is 7.99. The van der Waals surface area contributed by atoms with Crippen molar-refractivity contribution >= 4 is 11.8 Å². The monoisotopic (exact) mass is 224 g/mol. The van der Waals surface area contributed by atoms with Gasteiger partial charge in [0.15, 0.2) is 0 Å². The molecule has 0 aromatic heterocycles. The highest BCUT2D eigenvalue weighted by Crippen LogP contribution is 2.22. The van der Waals surface area contributed by atoms with Gasteiger partial charge < -0.3 is 5.11 Å². The van der Waals surface area contributed by atoms with E-state index in [-0.39, 0.29) is 6.61 Å². The van der Waals surface area contributed by atoms with E-state index in [0.29, 0.717) is 5.92 Å². The smallest absolute Gasteiger partial charge is 0.0500 e. The standard InChI is InChI=1S/C13H20OS/c1-3-15-8-7-13(10-14)12-6-4-5-11(2)9-12/h4-6,9,13-14H,3,7-8,10H2,1-2H3. The van der Waals surface area contributed by atoms with Gasteiger partial charge in [-0.25, -0.2) is 0 Å². The number of rotatable bonds is 6. The Kier molecular flexibility index (Phi) is 5.81. The first kappa shape index (κ1) is 12.6. The van der Waals surface area contributed by atoms with Gasteiger partial charge in [-0.1, -0.05) is 36.8 Å². The number of aliphatic hydroxyl groups is 1. The van der Waals surface area contributed by atoms with Gasteiger partial charge in [-0.3, -0.25) is 0 Å². The van der Waals surface area contributed by atoms with Gasteiger partial charge >= 0.3 is 0 Å². The molecule has 0 aliphatic rings. The van der Waals surface area contributed by atoms with Crippen LogP contribution in [0.5, 0.6) is 0 Å². The first-order chi connectivity index (χ1) is 7.27. The van der Waals surface area contributed by atoms with Crippen molar-refractivity contribution < 1.29 is 5.11 Å². The fourth-order valence-corrected chi connectivity index (χ4v) is 2.40. The van der Waals surface area contributed by atoms with E-state index < -0.39 is 0 Å². The summed E-state index contributed by atoms with van der Waals surface area (Å²) < 4.78 is 0. The fraction of sp³-hybridized carbons (Fsp3) is 0.538. The fourth-order valence-electron chi connectivity index (χ4n) is 1.66. The molecule has 0 saturated heterocycles. The van der Waals surface area contributed by atoms with Gasteiger partial charge in [-0.2, -0.15) is 11.8 Å². The van der Waals surface area contributed by atoms with E-state index in [4.69, 9.17) is 0 Å². The van der Waals surface area contributed by atoms with Crippen molar-refractivity contribution in [2.45, 2.75) is 26.2 Å². The number of benzene rings is 1. The van der Waals surface area contributed by atoms with Crippen LogP contribution >= 0.6 is 11.8 Å². The summed E-state index contributed by atoms with van der Waals surface area (Å²) in [4.78, 5) is 0. The molecule has 0 bridgehead atoms. The third kappa shape index (κ3) is 4.27. The molecule has 0 saturated carbocycles. The van der Waals surface area contributed by atoms with E-state index in [9.17, 15) is 5.11 Å². The van der Waals surface area contributed by atoms with Gasteiger partial charge in [0, 0.05) is 12.5 Å². The highest BCUT2D eigenvalue weighted by Gasteiger charge is 2.09. The normalized spacial score (nSPS) is 12.7.